The van der Waals surface area contributed by atoms with Gasteiger partial charge in [-0.15, -0.1) is 0 Å². The molecule has 0 aromatic heterocycles. The topological polar surface area (TPSA) is 17.1 Å². The van der Waals surface area contributed by atoms with Crippen molar-refractivity contribution in [3.05, 3.63) is 0 Å². The third kappa shape index (κ3) is 1.07. The summed E-state index contributed by atoms with van der Waals surface area (Å²) >= 11 is 0. The van der Waals surface area contributed by atoms with Crippen LogP contribution < -0.4 is 0 Å². The Morgan fingerprint density at radius 2 is 2.00 bits per heavy atom. The number of carbonyl (C=O) groups excluding carboxylic acids is 1. The summed E-state index contributed by atoms with van der Waals surface area (Å²) in [6.07, 6.45) is 7.57. The number of hydrogen-bond acceptors (Lipinski definition) is 1. The minimum Gasteiger partial charge on any atom is -0.299 e. The lowest BCUT2D eigenvalue weighted by atomic mass is 9.41. The van der Waals surface area contributed by atoms with Crippen LogP contribution in [0.15, 0.2) is 0 Å². The molecular weight excluding hydrogens is 184 g/mol. The zero-order valence-corrected chi connectivity index (χ0v) is 9.96. The van der Waals surface area contributed by atoms with Gasteiger partial charge in [0.05, 0.1) is 0 Å². The van der Waals surface area contributed by atoms with Gasteiger partial charge in [0.25, 0.3) is 0 Å². The van der Waals surface area contributed by atoms with Crippen molar-refractivity contribution in [2.75, 3.05) is 0 Å². The molecule has 84 valence electrons. The van der Waals surface area contributed by atoms with Gasteiger partial charge in [-0.3, -0.25) is 4.79 Å². The Balaban J connectivity index is 1.93. The van der Waals surface area contributed by atoms with Crippen LogP contribution in [0.3, 0.4) is 0 Å². The Labute approximate surface area is 92.6 Å². The number of carbonyl (C=O) groups is 1. The lowest BCUT2D eigenvalue weighted by Gasteiger charge is -2.62. The summed E-state index contributed by atoms with van der Waals surface area (Å²) in [5.41, 5.74) is 0.504. The van der Waals surface area contributed by atoms with E-state index in [1.54, 1.807) is 0 Å². The van der Waals surface area contributed by atoms with Crippen LogP contribution in [0, 0.1) is 29.1 Å². The molecule has 15 heavy (non-hydrogen) atoms. The van der Waals surface area contributed by atoms with Crippen molar-refractivity contribution in [3.63, 3.8) is 0 Å². The zero-order chi connectivity index (χ0) is 10.6. The second-order valence-electron chi connectivity index (χ2n) is 6.35. The standard InChI is InChI=1S/C14H22O/c1-9(2)12-10-5-3-7-14(10)8-4-6-11(15)13(12)14/h9-10,12-13H,3-8H2,1-2H3/t10-,12-,13-,14+/m1/s1. The molecule has 1 spiro atoms. The minimum atomic E-state index is 0.471. The molecule has 1 nitrogen and oxygen atoms in total. The molecular formula is C14H22O. The SMILES string of the molecule is CC(C)[C@@H]1[C@H]2CCC[C@]23CCCC(=O)[C@H]13. The van der Waals surface area contributed by atoms with Crippen molar-refractivity contribution in [1.29, 1.82) is 0 Å². The molecule has 0 amide bonds. The monoisotopic (exact) mass is 206 g/mol. The van der Waals surface area contributed by atoms with Gasteiger partial charge >= 0.3 is 0 Å². The van der Waals surface area contributed by atoms with Gasteiger partial charge < -0.3 is 0 Å². The van der Waals surface area contributed by atoms with Crippen molar-refractivity contribution in [2.45, 2.75) is 52.4 Å². The van der Waals surface area contributed by atoms with Gasteiger partial charge in [-0.1, -0.05) is 20.3 Å². The fourth-order valence-corrected chi connectivity index (χ4v) is 5.18. The number of Topliss-reactive ketones (excluding diaryl/α,β-unsaturated/α-hetero) is 1. The molecule has 0 radical (unpaired) electrons. The Kier molecular flexibility index (Phi) is 2.03. The number of hydrogen-bond donors (Lipinski definition) is 0. The second-order valence-corrected chi connectivity index (χ2v) is 6.35. The first-order valence-corrected chi connectivity index (χ1v) is 6.69. The molecule has 0 bridgehead atoms. The maximum Gasteiger partial charge on any atom is 0.136 e. The summed E-state index contributed by atoms with van der Waals surface area (Å²) in [6, 6.07) is 0. The van der Waals surface area contributed by atoms with Crippen LogP contribution in [-0.4, -0.2) is 5.78 Å². The molecule has 0 aromatic rings. The zero-order valence-electron chi connectivity index (χ0n) is 9.96. The summed E-state index contributed by atoms with van der Waals surface area (Å²) in [5, 5.41) is 0. The fourth-order valence-electron chi connectivity index (χ4n) is 5.18. The van der Waals surface area contributed by atoms with Gasteiger partial charge in [0.15, 0.2) is 0 Å². The van der Waals surface area contributed by atoms with E-state index < -0.39 is 0 Å². The van der Waals surface area contributed by atoms with Gasteiger partial charge in [0.1, 0.15) is 5.78 Å². The molecule has 4 atom stereocenters. The predicted octanol–water partition coefficient (Wildman–Crippen LogP) is 3.43. The Morgan fingerprint density at radius 3 is 2.73 bits per heavy atom. The molecule has 3 saturated carbocycles. The molecule has 3 rings (SSSR count). The van der Waals surface area contributed by atoms with Crippen LogP contribution in [0.2, 0.25) is 0 Å². The maximum atomic E-state index is 12.1. The van der Waals surface area contributed by atoms with Gasteiger partial charge in [-0.05, 0) is 48.9 Å². The van der Waals surface area contributed by atoms with E-state index in [1.165, 1.54) is 32.1 Å². The van der Waals surface area contributed by atoms with Crippen LogP contribution in [0.5, 0.6) is 0 Å². The molecule has 0 N–H and O–H groups in total. The van der Waals surface area contributed by atoms with Crippen molar-refractivity contribution in [2.24, 2.45) is 29.1 Å². The van der Waals surface area contributed by atoms with Crippen molar-refractivity contribution >= 4 is 5.78 Å². The third-order valence-electron chi connectivity index (χ3n) is 5.55. The number of ketones is 1. The summed E-state index contributed by atoms with van der Waals surface area (Å²) in [5.74, 6) is 3.44. The average Bonchev–Trinajstić information content (AvgIpc) is 2.47. The quantitative estimate of drug-likeness (QED) is 0.642. The summed E-state index contributed by atoms with van der Waals surface area (Å²) in [7, 11) is 0. The summed E-state index contributed by atoms with van der Waals surface area (Å²) < 4.78 is 0. The highest BCUT2D eigenvalue weighted by Crippen LogP contribution is 2.70. The molecule has 0 unspecified atom stereocenters. The lowest BCUT2D eigenvalue weighted by molar-refractivity contribution is -0.171. The van der Waals surface area contributed by atoms with Crippen molar-refractivity contribution < 1.29 is 4.79 Å². The van der Waals surface area contributed by atoms with Gasteiger partial charge in [-0.2, -0.15) is 0 Å². The Hall–Kier alpha value is -0.330. The summed E-state index contributed by atoms with van der Waals surface area (Å²) in [6.45, 7) is 4.63. The Bertz CT molecular complexity index is 294. The normalized spacial score (nSPS) is 48.7. The van der Waals surface area contributed by atoms with Crippen LogP contribution in [0.1, 0.15) is 52.4 Å². The number of rotatable bonds is 1. The molecule has 1 heteroatoms. The molecule has 3 fully saturated rings. The van der Waals surface area contributed by atoms with E-state index in [4.69, 9.17) is 0 Å². The molecule has 0 aromatic carbocycles. The smallest absolute Gasteiger partial charge is 0.136 e. The van der Waals surface area contributed by atoms with E-state index in [1.807, 2.05) is 0 Å². The van der Waals surface area contributed by atoms with Gasteiger partial charge in [0.2, 0.25) is 0 Å². The van der Waals surface area contributed by atoms with Crippen LogP contribution >= 0.6 is 0 Å². The lowest BCUT2D eigenvalue weighted by Crippen LogP contribution is -2.60. The molecule has 0 saturated heterocycles. The first kappa shape index (κ1) is 9.86. The highest BCUT2D eigenvalue weighted by Gasteiger charge is 2.66. The van der Waals surface area contributed by atoms with Crippen LogP contribution in [0.4, 0.5) is 0 Å². The van der Waals surface area contributed by atoms with E-state index in [-0.39, 0.29) is 0 Å². The van der Waals surface area contributed by atoms with E-state index in [2.05, 4.69) is 13.8 Å². The Morgan fingerprint density at radius 1 is 1.27 bits per heavy atom. The van der Waals surface area contributed by atoms with Crippen LogP contribution in [0.25, 0.3) is 0 Å². The molecule has 3 aliphatic carbocycles. The molecule has 3 aliphatic rings. The maximum absolute atomic E-state index is 12.1. The first-order valence-electron chi connectivity index (χ1n) is 6.69. The van der Waals surface area contributed by atoms with Gasteiger partial charge in [0, 0.05) is 12.3 Å². The van der Waals surface area contributed by atoms with E-state index in [9.17, 15) is 4.79 Å². The largest absolute Gasteiger partial charge is 0.299 e. The van der Waals surface area contributed by atoms with Gasteiger partial charge in [-0.25, -0.2) is 0 Å². The highest BCUT2D eigenvalue weighted by atomic mass is 16.1. The fraction of sp³-hybridized carbons (Fsp3) is 0.929. The first-order chi connectivity index (χ1) is 7.17. The third-order valence-corrected chi connectivity index (χ3v) is 5.55. The summed E-state index contributed by atoms with van der Waals surface area (Å²) in [4.78, 5) is 12.1. The highest BCUT2D eigenvalue weighted by molar-refractivity contribution is 5.84. The molecule has 0 heterocycles. The molecule has 0 aliphatic heterocycles. The average molecular weight is 206 g/mol. The second kappa shape index (κ2) is 3.09. The van der Waals surface area contributed by atoms with Crippen molar-refractivity contribution in [3.8, 4) is 0 Å². The minimum absolute atomic E-state index is 0.471. The van der Waals surface area contributed by atoms with Crippen LogP contribution in [-0.2, 0) is 4.79 Å². The predicted molar refractivity (Wildman–Crippen MR) is 60.5 cm³/mol. The van der Waals surface area contributed by atoms with E-state index in [0.29, 0.717) is 23.0 Å². The van der Waals surface area contributed by atoms with E-state index >= 15 is 0 Å². The van der Waals surface area contributed by atoms with Crippen molar-refractivity contribution in [1.82, 2.24) is 0 Å². The van der Waals surface area contributed by atoms with E-state index in [0.717, 1.165) is 18.3 Å².